The Kier molecular flexibility index (Phi) is 5.13. The number of anilines is 2. The number of nitrogens with one attached hydrogen (secondary N) is 2. The number of pyridine rings is 1. The summed E-state index contributed by atoms with van der Waals surface area (Å²) < 4.78 is 5.46. The predicted molar refractivity (Wildman–Crippen MR) is 80.5 cm³/mol. The molecule has 2 unspecified atom stereocenters. The molecular formula is C13H19Cl2N3O. The number of nitrogens with zero attached hydrogens (tertiary/aromatic N) is 1. The highest BCUT2D eigenvalue weighted by Gasteiger charge is 2.28. The number of aromatic nitrogens is 1. The van der Waals surface area contributed by atoms with E-state index in [2.05, 4.69) is 15.6 Å². The van der Waals surface area contributed by atoms with Crippen LogP contribution in [0.4, 0.5) is 11.6 Å². The molecule has 2 N–H and O–H groups in total. The van der Waals surface area contributed by atoms with Gasteiger partial charge < -0.3 is 15.4 Å². The first-order valence-electron chi connectivity index (χ1n) is 6.55. The lowest BCUT2D eigenvalue weighted by molar-refractivity contribution is 0.101. The summed E-state index contributed by atoms with van der Waals surface area (Å²) in [6, 6.07) is 1.97. The molecule has 0 aromatic carbocycles. The van der Waals surface area contributed by atoms with Gasteiger partial charge in [0.15, 0.2) is 0 Å². The van der Waals surface area contributed by atoms with Crippen molar-refractivity contribution < 1.29 is 4.74 Å². The highest BCUT2D eigenvalue weighted by atomic mass is 35.5. The van der Waals surface area contributed by atoms with Crippen molar-refractivity contribution in [2.24, 2.45) is 0 Å². The lowest BCUT2D eigenvalue weighted by atomic mass is 10.2. The Balaban J connectivity index is 2.17. The molecule has 2 rings (SSSR count). The number of hydrogen-bond donors (Lipinski definition) is 2. The summed E-state index contributed by atoms with van der Waals surface area (Å²) in [5, 5.41) is 7.56. The van der Waals surface area contributed by atoms with Crippen LogP contribution in [0, 0.1) is 0 Å². The Labute approximate surface area is 123 Å². The van der Waals surface area contributed by atoms with Gasteiger partial charge in [0.2, 0.25) is 0 Å². The van der Waals surface area contributed by atoms with Gasteiger partial charge in [0.1, 0.15) is 11.6 Å². The fourth-order valence-corrected chi connectivity index (χ4v) is 2.89. The van der Waals surface area contributed by atoms with Gasteiger partial charge in [0.25, 0.3) is 0 Å². The smallest absolute Gasteiger partial charge is 0.147 e. The second kappa shape index (κ2) is 6.64. The second-order valence-corrected chi connectivity index (χ2v) is 5.45. The SMILES string of the molecule is CCNc1nc(NC2CCCC2OC)c(Cl)cc1Cl. The van der Waals surface area contributed by atoms with Crippen molar-refractivity contribution in [2.45, 2.75) is 38.3 Å². The van der Waals surface area contributed by atoms with Gasteiger partial charge in [-0.1, -0.05) is 23.2 Å². The van der Waals surface area contributed by atoms with Crippen LogP contribution in [0.2, 0.25) is 10.0 Å². The fourth-order valence-electron chi connectivity index (χ4n) is 2.41. The van der Waals surface area contributed by atoms with Crippen LogP contribution in [0.15, 0.2) is 6.07 Å². The van der Waals surface area contributed by atoms with Crippen molar-refractivity contribution >= 4 is 34.8 Å². The normalized spacial score (nSPS) is 22.5. The summed E-state index contributed by atoms with van der Waals surface area (Å²) >= 11 is 12.3. The van der Waals surface area contributed by atoms with Gasteiger partial charge in [-0.25, -0.2) is 4.98 Å². The first-order chi connectivity index (χ1) is 9.15. The van der Waals surface area contributed by atoms with Crippen LogP contribution in [-0.4, -0.2) is 30.8 Å². The van der Waals surface area contributed by atoms with E-state index >= 15 is 0 Å². The summed E-state index contributed by atoms with van der Waals surface area (Å²) in [5.41, 5.74) is 0. The van der Waals surface area contributed by atoms with Crippen LogP contribution in [0.5, 0.6) is 0 Å². The fraction of sp³-hybridized carbons (Fsp3) is 0.615. The van der Waals surface area contributed by atoms with E-state index in [1.165, 1.54) is 0 Å². The van der Waals surface area contributed by atoms with Gasteiger partial charge in [0.05, 0.1) is 22.2 Å². The number of halogens is 2. The largest absolute Gasteiger partial charge is 0.379 e. The Morgan fingerprint density at radius 1 is 1.32 bits per heavy atom. The van der Waals surface area contributed by atoms with Gasteiger partial charge in [0, 0.05) is 13.7 Å². The lowest BCUT2D eigenvalue weighted by Gasteiger charge is -2.21. The molecule has 0 saturated heterocycles. The number of rotatable bonds is 5. The third kappa shape index (κ3) is 3.44. The van der Waals surface area contributed by atoms with Crippen molar-refractivity contribution in [3.05, 3.63) is 16.1 Å². The van der Waals surface area contributed by atoms with E-state index in [0.29, 0.717) is 21.7 Å². The van der Waals surface area contributed by atoms with E-state index < -0.39 is 0 Å². The molecule has 0 aliphatic heterocycles. The quantitative estimate of drug-likeness (QED) is 0.868. The Hall–Kier alpha value is -0.710. The molecule has 0 bridgehead atoms. The van der Waals surface area contributed by atoms with Crippen LogP contribution in [0.25, 0.3) is 0 Å². The molecule has 106 valence electrons. The average Bonchev–Trinajstić information content (AvgIpc) is 2.82. The van der Waals surface area contributed by atoms with Gasteiger partial charge in [-0.15, -0.1) is 0 Å². The molecule has 1 aromatic heterocycles. The zero-order chi connectivity index (χ0) is 13.8. The minimum Gasteiger partial charge on any atom is -0.379 e. The van der Waals surface area contributed by atoms with Crippen LogP contribution >= 0.6 is 23.2 Å². The molecule has 1 heterocycles. The first-order valence-corrected chi connectivity index (χ1v) is 7.30. The first kappa shape index (κ1) is 14.7. The maximum absolute atomic E-state index is 6.19. The molecule has 0 amide bonds. The molecule has 2 atom stereocenters. The molecule has 0 radical (unpaired) electrons. The maximum Gasteiger partial charge on any atom is 0.147 e. The second-order valence-electron chi connectivity index (χ2n) is 4.64. The third-order valence-corrected chi connectivity index (χ3v) is 3.93. The third-order valence-electron chi connectivity index (χ3n) is 3.35. The van der Waals surface area contributed by atoms with Crippen molar-refractivity contribution in [2.75, 3.05) is 24.3 Å². The molecule has 0 spiro atoms. The number of methoxy groups -OCH3 is 1. The summed E-state index contributed by atoms with van der Waals surface area (Å²) in [5.74, 6) is 1.32. The average molecular weight is 304 g/mol. The number of hydrogen-bond acceptors (Lipinski definition) is 4. The Bertz CT molecular complexity index is 442. The van der Waals surface area contributed by atoms with Gasteiger partial charge in [-0.2, -0.15) is 0 Å². The van der Waals surface area contributed by atoms with E-state index in [4.69, 9.17) is 27.9 Å². The van der Waals surface area contributed by atoms with Crippen LogP contribution in [0.1, 0.15) is 26.2 Å². The van der Waals surface area contributed by atoms with Gasteiger partial charge >= 0.3 is 0 Å². The summed E-state index contributed by atoms with van der Waals surface area (Å²) in [7, 11) is 1.74. The van der Waals surface area contributed by atoms with Crippen molar-refractivity contribution in [3.63, 3.8) is 0 Å². The highest BCUT2D eigenvalue weighted by molar-refractivity contribution is 6.37. The van der Waals surface area contributed by atoms with E-state index in [-0.39, 0.29) is 12.1 Å². The van der Waals surface area contributed by atoms with Gasteiger partial charge in [-0.3, -0.25) is 0 Å². The minimum atomic E-state index is 0.219. The molecule has 1 aliphatic rings. The molecule has 6 heteroatoms. The zero-order valence-corrected chi connectivity index (χ0v) is 12.7. The molecule has 1 aromatic rings. The molecular weight excluding hydrogens is 285 g/mol. The van der Waals surface area contributed by atoms with Crippen molar-refractivity contribution in [1.82, 2.24) is 4.98 Å². The standard InChI is InChI=1S/C13H19Cl2N3O/c1-3-16-12-8(14)7-9(15)13(18-12)17-10-5-4-6-11(10)19-2/h7,10-11H,3-6H2,1-2H3,(H2,16,17,18). The van der Waals surface area contributed by atoms with E-state index in [1.54, 1.807) is 13.2 Å². The number of ether oxygens (including phenoxy) is 1. The Morgan fingerprint density at radius 2 is 2.05 bits per heavy atom. The summed E-state index contributed by atoms with van der Waals surface area (Å²) in [4.78, 5) is 4.45. The minimum absolute atomic E-state index is 0.219. The van der Waals surface area contributed by atoms with Crippen LogP contribution < -0.4 is 10.6 Å². The lowest BCUT2D eigenvalue weighted by Crippen LogP contribution is -2.30. The highest BCUT2D eigenvalue weighted by Crippen LogP contribution is 2.32. The summed E-state index contributed by atoms with van der Waals surface area (Å²) in [6.07, 6.45) is 3.51. The molecule has 1 aliphatic carbocycles. The molecule has 19 heavy (non-hydrogen) atoms. The molecule has 1 fully saturated rings. The maximum atomic E-state index is 6.19. The van der Waals surface area contributed by atoms with E-state index in [0.717, 1.165) is 25.8 Å². The Morgan fingerprint density at radius 3 is 2.74 bits per heavy atom. The van der Waals surface area contributed by atoms with E-state index in [9.17, 15) is 0 Å². The topological polar surface area (TPSA) is 46.2 Å². The predicted octanol–water partition coefficient (Wildman–Crippen LogP) is 3.80. The molecule has 4 nitrogen and oxygen atoms in total. The van der Waals surface area contributed by atoms with Crippen molar-refractivity contribution in [3.8, 4) is 0 Å². The summed E-state index contributed by atoms with van der Waals surface area (Å²) in [6.45, 7) is 2.76. The van der Waals surface area contributed by atoms with E-state index in [1.807, 2.05) is 6.92 Å². The molecule has 1 saturated carbocycles. The van der Waals surface area contributed by atoms with Crippen LogP contribution in [-0.2, 0) is 4.74 Å². The van der Waals surface area contributed by atoms with Crippen molar-refractivity contribution in [1.29, 1.82) is 0 Å². The monoisotopic (exact) mass is 303 g/mol. The van der Waals surface area contributed by atoms with Gasteiger partial charge in [-0.05, 0) is 32.3 Å². The zero-order valence-electron chi connectivity index (χ0n) is 11.2. The van der Waals surface area contributed by atoms with Crippen LogP contribution in [0.3, 0.4) is 0 Å².